The second-order valence-electron chi connectivity index (χ2n) is 1.18. The molecule has 0 unspecified atom stereocenters. The number of hydrogen-bond acceptors (Lipinski definition) is 0. The van der Waals surface area contributed by atoms with Gasteiger partial charge in [0.15, 0.2) is 0 Å². The van der Waals surface area contributed by atoms with Gasteiger partial charge in [-0.15, -0.1) is 0 Å². The van der Waals surface area contributed by atoms with Crippen LogP contribution in [0.3, 0.4) is 0 Å². The minimum absolute atomic E-state index is 0.903. The van der Waals surface area contributed by atoms with Crippen LogP contribution >= 0.6 is 0 Å². The van der Waals surface area contributed by atoms with Crippen LogP contribution in [-0.4, -0.2) is 0 Å². The van der Waals surface area contributed by atoms with Crippen LogP contribution < -0.4 is 0 Å². The maximum Gasteiger partial charge on any atom is -0.000341 e. The summed E-state index contributed by atoms with van der Waals surface area (Å²) in [6, 6.07) is 0. The summed E-state index contributed by atoms with van der Waals surface area (Å²) in [6.45, 7) is 0. The van der Waals surface area contributed by atoms with Gasteiger partial charge in [0, 0.05) is 0 Å². The Morgan fingerprint density at radius 3 is 2.14 bits per heavy atom. The fourth-order valence-corrected chi connectivity index (χ4v) is 0.351. The lowest BCUT2D eigenvalue weighted by Crippen LogP contribution is -1.45. The molecule has 1 rings (SSSR count). The Kier molecular flexibility index (Phi) is 1.21. The van der Waals surface area contributed by atoms with Crippen molar-refractivity contribution in [2.24, 2.45) is 0 Å². The molecule has 0 heterocycles. The van der Waals surface area contributed by atoms with Crippen molar-refractivity contribution in [2.75, 3.05) is 0 Å². The highest BCUT2D eigenvalue weighted by molar-refractivity contribution is 4.97. The molecule has 7 heavy (non-hydrogen) atoms. The molecule has 1 aliphatic rings. The summed E-state index contributed by atoms with van der Waals surface area (Å²) in [4.78, 5) is 0. The molecule has 1 aliphatic carbocycles. The lowest BCUT2D eigenvalue weighted by atomic mass is 10.4. The second kappa shape index (κ2) is 2.11. The van der Waals surface area contributed by atoms with E-state index in [2.05, 4.69) is 22.9 Å². The van der Waals surface area contributed by atoms with E-state index < -0.39 is 0 Å². The zero-order chi connectivity index (χ0) is 4.95. The normalized spacial score (nSPS) is 12.6. The molecular weight excluding hydrogens is 84.1 g/mol. The maximum atomic E-state index is 2.77. The van der Waals surface area contributed by atoms with Gasteiger partial charge in [-0.2, -0.15) is 0 Å². The van der Waals surface area contributed by atoms with Gasteiger partial charge < -0.3 is 0 Å². The summed E-state index contributed by atoms with van der Waals surface area (Å²) >= 11 is 0. The molecule has 0 aliphatic heterocycles. The molecule has 32 valence electrons. The lowest BCUT2D eigenvalue weighted by molar-refractivity contribution is 1.42. The Balaban J connectivity index is 3.34. The van der Waals surface area contributed by atoms with Gasteiger partial charge in [0.25, 0.3) is 0 Å². The predicted octanol–water partition coefficient (Wildman–Crippen LogP) is 1.57. The van der Waals surface area contributed by atoms with E-state index in [-0.39, 0.29) is 0 Å². The third-order valence-corrected chi connectivity index (χ3v) is 0.647. The van der Waals surface area contributed by atoms with Crippen LogP contribution in [0.1, 0.15) is 6.42 Å². The first-order chi connectivity index (χ1) is 3.50. The fourth-order valence-electron chi connectivity index (χ4n) is 0.351. The highest BCUT2D eigenvalue weighted by atomic mass is 13.7. The first-order valence-corrected chi connectivity index (χ1v) is 2.14. The van der Waals surface area contributed by atoms with Crippen LogP contribution in [0.4, 0.5) is 0 Å². The minimum Gasteiger partial charge on any atom is -0.0648 e. The first kappa shape index (κ1) is 4.03. The summed E-state index contributed by atoms with van der Waals surface area (Å²) in [5, 5.41) is 0. The zero-order valence-electron chi connectivity index (χ0n) is 3.86. The van der Waals surface area contributed by atoms with Crippen LogP contribution in [0.25, 0.3) is 0 Å². The topological polar surface area (TPSA) is 0 Å². The van der Waals surface area contributed by atoms with E-state index in [9.17, 15) is 0 Å². The Morgan fingerprint density at radius 1 is 1.00 bits per heavy atom. The molecule has 0 heteroatoms. The summed E-state index contributed by atoms with van der Waals surface area (Å²) in [5.74, 6) is 0. The molecule has 0 saturated carbocycles. The van der Waals surface area contributed by atoms with E-state index in [1.807, 2.05) is 12.2 Å². The van der Waals surface area contributed by atoms with Crippen LogP contribution in [0, 0.1) is 0 Å². The Bertz CT molecular complexity index is 184. The van der Waals surface area contributed by atoms with E-state index in [1.165, 1.54) is 0 Å². The van der Waals surface area contributed by atoms with Crippen molar-refractivity contribution < 1.29 is 0 Å². The van der Waals surface area contributed by atoms with Crippen molar-refractivity contribution in [3.8, 4) is 0 Å². The lowest BCUT2D eigenvalue weighted by Gasteiger charge is -1.63. The quantitative estimate of drug-likeness (QED) is 0.394. The van der Waals surface area contributed by atoms with Crippen molar-refractivity contribution in [1.82, 2.24) is 0 Å². The monoisotopic (exact) mass is 88.0 g/mol. The molecule has 0 nitrogen and oxygen atoms in total. The van der Waals surface area contributed by atoms with Gasteiger partial charge in [-0.05, 0) is 30.0 Å². The summed E-state index contributed by atoms with van der Waals surface area (Å²) in [6.07, 6.45) is 4.67. The molecule has 0 saturated heterocycles. The Hall–Kier alpha value is -1.14. The largest absolute Gasteiger partial charge is 0.0648 e. The third-order valence-electron chi connectivity index (χ3n) is 0.647. The molecule has 0 spiro atoms. The maximum absolute atomic E-state index is 2.77. The van der Waals surface area contributed by atoms with Gasteiger partial charge in [0.2, 0.25) is 0 Å². The standard InChI is InChI=1S/C7H4/c1-2-4-6-7-5-3-1/h1,4H,2H2. The number of rotatable bonds is 0. The van der Waals surface area contributed by atoms with Gasteiger partial charge in [-0.25, -0.2) is 0 Å². The van der Waals surface area contributed by atoms with Crippen molar-refractivity contribution in [3.63, 3.8) is 0 Å². The average Bonchev–Trinajstić information content (AvgIpc) is 1.90. The van der Waals surface area contributed by atoms with Crippen LogP contribution in [0.5, 0.6) is 0 Å². The van der Waals surface area contributed by atoms with Gasteiger partial charge >= 0.3 is 0 Å². The molecule has 0 aromatic rings. The summed E-state index contributed by atoms with van der Waals surface area (Å²) in [5.41, 5.74) is 10.8. The first-order valence-electron chi connectivity index (χ1n) is 2.14. The molecule has 0 aromatic carbocycles. The summed E-state index contributed by atoms with van der Waals surface area (Å²) in [7, 11) is 0. The molecule has 0 radical (unpaired) electrons. The molecule has 0 aromatic heterocycles. The number of hydrogen-bond donors (Lipinski definition) is 0. The van der Waals surface area contributed by atoms with E-state index >= 15 is 0 Å². The molecular formula is C7H4. The highest BCUT2D eigenvalue weighted by Gasteiger charge is 1.63. The van der Waals surface area contributed by atoms with E-state index in [1.54, 1.807) is 0 Å². The minimum atomic E-state index is 0.903. The smallest absolute Gasteiger partial charge is 0.000341 e. The Morgan fingerprint density at radius 2 is 1.57 bits per heavy atom. The van der Waals surface area contributed by atoms with E-state index in [4.69, 9.17) is 0 Å². The number of allylic oxidation sites excluding steroid dienone is 2. The second-order valence-corrected chi connectivity index (χ2v) is 1.18. The van der Waals surface area contributed by atoms with Crippen molar-refractivity contribution >= 4 is 0 Å². The third kappa shape index (κ3) is 1.16. The Labute approximate surface area is 42.5 Å². The van der Waals surface area contributed by atoms with Crippen molar-refractivity contribution in [1.29, 1.82) is 0 Å². The van der Waals surface area contributed by atoms with Crippen molar-refractivity contribution in [2.45, 2.75) is 6.42 Å². The molecule has 0 bridgehead atoms. The van der Waals surface area contributed by atoms with Crippen molar-refractivity contribution in [3.05, 3.63) is 35.1 Å². The van der Waals surface area contributed by atoms with Gasteiger partial charge in [0.1, 0.15) is 0 Å². The van der Waals surface area contributed by atoms with Gasteiger partial charge in [-0.3, -0.25) is 0 Å². The molecule has 0 amide bonds. The highest BCUT2D eigenvalue weighted by Crippen LogP contribution is 1.81. The van der Waals surface area contributed by atoms with Crippen LogP contribution in [0.2, 0.25) is 0 Å². The van der Waals surface area contributed by atoms with E-state index in [0.29, 0.717) is 0 Å². The van der Waals surface area contributed by atoms with Crippen LogP contribution in [0.15, 0.2) is 35.1 Å². The average molecular weight is 88.1 g/mol. The van der Waals surface area contributed by atoms with Crippen LogP contribution in [-0.2, 0) is 0 Å². The molecule has 0 atom stereocenters. The van der Waals surface area contributed by atoms with Gasteiger partial charge in [-0.1, -0.05) is 11.5 Å². The van der Waals surface area contributed by atoms with Gasteiger partial charge in [0.05, 0.1) is 0 Å². The summed E-state index contributed by atoms with van der Waals surface area (Å²) < 4.78 is 0. The zero-order valence-corrected chi connectivity index (χ0v) is 3.86. The predicted molar refractivity (Wildman–Crippen MR) is 27.8 cm³/mol. The molecule has 0 N–H and O–H groups in total. The SMILES string of the molecule is C1=C=C=CCC=C=1. The van der Waals surface area contributed by atoms with E-state index in [0.717, 1.165) is 6.42 Å². The molecule has 0 fully saturated rings. The fraction of sp³-hybridized carbons (Fsp3) is 0.143.